The maximum atomic E-state index is 12.7. The number of hydrogen-bond donors (Lipinski definition) is 1. The molecule has 0 bridgehead atoms. The first-order chi connectivity index (χ1) is 17.4. The Hall–Kier alpha value is -1.31. The van der Waals surface area contributed by atoms with Gasteiger partial charge in [-0.15, -0.1) is 0 Å². The minimum absolute atomic E-state index is 0.0746. The summed E-state index contributed by atoms with van der Waals surface area (Å²) in [5.41, 5.74) is 2.65. The highest BCUT2D eigenvalue weighted by atomic mass is 16.3. The Bertz CT molecular complexity index is 727. The number of carbonyl (C=O) groups is 1. The van der Waals surface area contributed by atoms with Gasteiger partial charge in [-0.1, -0.05) is 163 Å². The van der Waals surface area contributed by atoms with Gasteiger partial charge in [0.25, 0.3) is 0 Å². The van der Waals surface area contributed by atoms with Crippen molar-refractivity contribution in [1.29, 1.82) is 0 Å². The topological polar surface area (TPSA) is 37.3 Å². The minimum atomic E-state index is -0.171. The SMILES string of the molecule is CCCCCCCCCCCCCCCCCCC(C(C)=O)c1cc(C(C)(C)C)c(O)c(C(C)(C)C)c1. The molecule has 214 valence electrons. The average Bonchev–Trinajstić information content (AvgIpc) is 2.80. The lowest BCUT2D eigenvalue weighted by molar-refractivity contribution is -0.118. The maximum Gasteiger partial charge on any atom is 0.137 e. The van der Waals surface area contributed by atoms with Gasteiger partial charge in [-0.05, 0) is 40.9 Å². The first-order valence-electron chi connectivity index (χ1n) is 15.8. The normalized spacial score (nSPS) is 13.2. The number of carbonyl (C=O) groups excluding carboxylic acids is 1. The van der Waals surface area contributed by atoms with Crippen LogP contribution in [0.1, 0.15) is 187 Å². The highest BCUT2D eigenvalue weighted by Crippen LogP contribution is 2.42. The van der Waals surface area contributed by atoms with Crippen LogP contribution in [0.3, 0.4) is 0 Å². The van der Waals surface area contributed by atoms with Crippen LogP contribution in [0.5, 0.6) is 5.75 Å². The van der Waals surface area contributed by atoms with E-state index >= 15 is 0 Å². The predicted octanol–water partition coefficient (Wildman–Crippen LogP) is 11.3. The van der Waals surface area contributed by atoms with Crippen LogP contribution in [0.25, 0.3) is 0 Å². The summed E-state index contributed by atoms with van der Waals surface area (Å²) in [6.07, 6.45) is 22.7. The second kappa shape index (κ2) is 17.3. The van der Waals surface area contributed by atoms with Crippen LogP contribution in [-0.2, 0) is 15.6 Å². The van der Waals surface area contributed by atoms with Gasteiger partial charge in [-0.3, -0.25) is 4.79 Å². The van der Waals surface area contributed by atoms with E-state index in [9.17, 15) is 9.90 Å². The summed E-state index contributed by atoms with van der Waals surface area (Å²) >= 11 is 0. The highest BCUT2D eigenvalue weighted by molar-refractivity contribution is 5.83. The summed E-state index contributed by atoms with van der Waals surface area (Å²) in [6, 6.07) is 4.20. The summed E-state index contributed by atoms with van der Waals surface area (Å²) in [5.74, 6) is 0.564. The Morgan fingerprint density at radius 1 is 0.649 bits per heavy atom. The number of phenolic OH excluding ortho intramolecular Hbond substituents is 1. The highest BCUT2D eigenvalue weighted by Gasteiger charge is 2.29. The van der Waals surface area contributed by atoms with Crippen LogP contribution in [-0.4, -0.2) is 10.9 Å². The van der Waals surface area contributed by atoms with E-state index in [0.29, 0.717) is 5.75 Å². The van der Waals surface area contributed by atoms with Gasteiger partial charge in [0.1, 0.15) is 11.5 Å². The monoisotopic (exact) mass is 514 g/mol. The molecule has 0 aromatic heterocycles. The Morgan fingerprint density at radius 2 is 0.973 bits per heavy atom. The van der Waals surface area contributed by atoms with E-state index in [4.69, 9.17) is 0 Å². The molecule has 1 rings (SSSR count). The molecule has 2 nitrogen and oxygen atoms in total. The number of phenols is 1. The molecule has 0 aliphatic carbocycles. The molecule has 0 saturated heterocycles. The summed E-state index contributed by atoms with van der Waals surface area (Å²) in [4.78, 5) is 12.7. The molecule has 0 heterocycles. The summed E-state index contributed by atoms with van der Waals surface area (Å²) in [7, 11) is 0. The zero-order valence-corrected chi connectivity index (χ0v) is 26.1. The van der Waals surface area contributed by atoms with E-state index < -0.39 is 0 Å². The molecule has 0 aliphatic heterocycles. The quantitative estimate of drug-likeness (QED) is 0.186. The van der Waals surface area contributed by atoms with Gasteiger partial charge >= 0.3 is 0 Å². The lowest BCUT2D eigenvalue weighted by Crippen LogP contribution is -2.19. The van der Waals surface area contributed by atoms with Crippen molar-refractivity contribution in [3.8, 4) is 5.75 Å². The van der Waals surface area contributed by atoms with Crippen LogP contribution >= 0.6 is 0 Å². The van der Waals surface area contributed by atoms with Gasteiger partial charge < -0.3 is 5.11 Å². The van der Waals surface area contributed by atoms with Crippen LogP contribution in [0, 0.1) is 0 Å². The maximum absolute atomic E-state index is 12.7. The standard InChI is InChI=1S/C35H62O2/c1-9-10-11-12-13-14-15-16-17-18-19-20-21-22-23-24-25-30(28(2)36)29-26-31(34(3,4)5)33(37)32(27-29)35(6,7)8/h26-27,30,37H,9-25H2,1-8H3. The zero-order valence-electron chi connectivity index (χ0n) is 26.1. The third kappa shape index (κ3) is 13.4. The molecule has 1 N–H and O–H groups in total. The number of unbranched alkanes of at least 4 members (excludes halogenated alkanes) is 15. The van der Waals surface area contributed by atoms with Crippen LogP contribution in [0.2, 0.25) is 0 Å². The van der Waals surface area contributed by atoms with Crippen molar-refractivity contribution in [3.63, 3.8) is 0 Å². The number of Topliss-reactive ketones (excluding diaryl/α,β-unsaturated/α-hetero) is 1. The Labute approximate surface area is 231 Å². The number of rotatable bonds is 19. The Balaban J connectivity index is 2.40. The van der Waals surface area contributed by atoms with Crippen molar-refractivity contribution in [2.24, 2.45) is 0 Å². The smallest absolute Gasteiger partial charge is 0.137 e. The van der Waals surface area contributed by atoms with Crippen molar-refractivity contribution in [2.45, 2.75) is 181 Å². The van der Waals surface area contributed by atoms with Crippen LogP contribution in [0.4, 0.5) is 0 Å². The predicted molar refractivity (Wildman–Crippen MR) is 163 cm³/mol. The van der Waals surface area contributed by atoms with E-state index in [0.717, 1.165) is 29.5 Å². The first-order valence-corrected chi connectivity index (χ1v) is 15.8. The van der Waals surface area contributed by atoms with Crippen molar-refractivity contribution < 1.29 is 9.90 Å². The molecule has 2 heteroatoms. The molecule has 1 unspecified atom stereocenters. The Morgan fingerprint density at radius 3 is 1.27 bits per heavy atom. The Kier molecular flexibility index (Phi) is 15.8. The number of benzene rings is 1. The molecule has 0 amide bonds. The van der Waals surface area contributed by atoms with Gasteiger partial charge in [0.15, 0.2) is 0 Å². The summed E-state index contributed by atoms with van der Waals surface area (Å²) < 4.78 is 0. The van der Waals surface area contributed by atoms with Crippen molar-refractivity contribution in [3.05, 3.63) is 28.8 Å². The lowest BCUT2D eigenvalue weighted by atomic mass is 9.76. The van der Waals surface area contributed by atoms with Gasteiger partial charge in [0.05, 0.1) is 0 Å². The zero-order chi connectivity index (χ0) is 27.9. The van der Waals surface area contributed by atoms with Crippen LogP contribution < -0.4 is 0 Å². The van der Waals surface area contributed by atoms with E-state index in [2.05, 4.69) is 60.6 Å². The summed E-state index contributed by atoms with van der Waals surface area (Å²) in [6.45, 7) is 16.8. The fourth-order valence-corrected chi connectivity index (χ4v) is 5.50. The average molecular weight is 515 g/mol. The summed E-state index contributed by atoms with van der Waals surface area (Å²) in [5, 5.41) is 11.0. The molecule has 0 aliphatic rings. The molecule has 0 saturated carbocycles. The van der Waals surface area contributed by atoms with Crippen molar-refractivity contribution in [1.82, 2.24) is 0 Å². The molecule has 1 aromatic rings. The number of aromatic hydroxyl groups is 1. The lowest BCUT2D eigenvalue weighted by Gasteiger charge is -2.29. The molecular weight excluding hydrogens is 452 g/mol. The molecule has 0 fully saturated rings. The third-order valence-electron chi connectivity index (χ3n) is 7.99. The molecule has 0 spiro atoms. The second-order valence-electron chi connectivity index (χ2n) is 13.7. The minimum Gasteiger partial charge on any atom is -0.507 e. The van der Waals surface area contributed by atoms with Gasteiger partial charge in [-0.25, -0.2) is 0 Å². The van der Waals surface area contributed by atoms with Crippen LogP contribution in [0.15, 0.2) is 12.1 Å². The van der Waals surface area contributed by atoms with E-state index in [-0.39, 0.29) is 22.5 Å². The van der Waals surface area contributed by atoms with Crippen molar-refractivity contribution >= 4 is 5.78 Å². The third-order valence-corrected chi connectivity index (χ3v) is 7.99. The van der Waals surface area contributed by atoms with E-state index in [1.165, 1.54) is 96.3 Å². The molecule has 0 radical (unpaired) electrons. The largest absolute Gasteiger partial charge is 0.507 e. The first kappa shape index (κ1) is 33.7. The van der Waals surface area contributed by atoms with Crippen molar-refractivity contribution in [2.75, 3.05) is 0 Å². The van der Waals surface area contributed by atoms with Gasteiger partial charge in [-0.2, -0.15) is 0 Å². The molecular formula is C35H62O2. The number of hydrogen-bond acceptors (Lipinski definition) is 2. The second-order valence-corrected chi connectivity index (χ2v) is 13.7. The molecule has 37 heavy (non-hydrogen) atoms. The van der Waals surface area contributed by atoms with E-state index in [1.807, 2.05) is 0 Å². The molecule has 1 atom stereocenters. The van der Waals surface area contributed by atoms with Gasteiger partial charge in [0.2, 0.25) is 0 Å². The fraction of sp³-hybridized carbons (Fsp3) is 0.800. The van der Waals surface area contributed by atoms with Gasteiger partial charge in [0, 0.05) is 5.92 Å². The number of ketones is 1. The van der Waals surface area contributed by atoms with E-state index in [1.54, 1.807) is 6.92 Å². The molecule has 1 aromatic carbocycles. The fourth-order valence-electron chi connectivity index (χ4n) is 5.50.